The fraction of sp³-hybridized carbons (Fsp3) is 0.400. The van der Waals surface area contributed by atoms with E-state index >= 15 is 0 Å². The smallest absolute Gasteiger partial charge is 0.239 e. The molecule has 0 fully saturated rings. The van der Waals surface area contributed by atoms with Crippen LogP contribution in [0.3, 0.4) is 0 Å². The molecule has 0 spiro atoms. The average molecular weight is 161 g/mol. The van der Waals surface area contributed by atoms with Crippen LogP contribution in [0.4, 0.5) is 0 Å². The van der Waals surface area contributed by atoms with E-state index in [1.807, 2.05) is 0 Å². The van der Waals surface area contributed by atoms with Gasteiger partial charge < -0.3 is 5.32 Å². The van der Waals surface area contributed by atoms with E-state index in [1.165, 1.54) is 6.92 Å². The van der Waals surface area contributed by atoms with Crippen molar-refractivity contribution in [2.75, 3.05) is 5.75 Å². The number of amides is 1. The van der Waals surface area contributed by atoms with Crippen LogP contribution in [-0.2, 0) is 14.6 Å². The molecule has 1 aliphatic rings. The van der Waals surface area contributed by atoms with Gasteiger partial charge in [0.25, 0.3) is 0 Å². The molecule has 0 aromatic heterocycles. The van der Waals surface area contributed by atoms with Crippen molar-refractivity contribution >= 4 is 15.7 Å². The molecule has 0 unspecified atom stereocenters. The van der Waals surface area contributed by atoms with Gasteiger partial charge in [-0.3, -0.25) is 4.79 Å². The monoisotopic (exact) mass is 161 g/mol. The standard InChI is InChI=1S/C5H7NO3S/c1-4-2-10(8,9)3-5(7)6-4/h2H,3H2,1H3,(H,6,7). The molecule has 0 bridgehead atoms. The van der Waals surface area contributed by atoms with Crippen LogP contribution in [0.2, 0.25) is 0 Å². The van der Waals surface area contributed by atoms with Gasteiger partial charge in [0.2, 0.25) is 5.91 Å². The van der Waals surface area contributed by atoms with E-state index < -0.39 is 21.5 Å². The zero-order valence-corrected chi connectivity index (χ0v) is 6.23. The van der Waals surface area contributed by atoms with Crippen molar-refractivity contribution in [3.05, 3.63) is 11.1 Å². The summed E-state index contributed by atoms with van der Waals surface area (Å²) in [5.74, 6) is -0.885. The van der Waals surface area contributed by atoms with Gasteiger partial charge in [0.1, 0.15) is 5.75 Å². The number of carbonyl (C=O) groups is 1. The maximum absolute atomic E-state index is 10.7. The summed E-state index contributed by atoms with van der Waals surface area (Å²) in [6.07, 6.45) is 0. The van der Waals surface area contributed by atoms with Crippen molar-refractivity contribution in [1.29, 1.82) is 0 Å². The Balaban J connectivity index is 3.07. The third-order valence-corrected chi connectivity index (χ3v) is 2.40. The van der Waals surface area contributed by atoms with E-state index in [1.54, 1.807) is 0 Å². The fourth-order valence-corrected chi connectivity index (χ4v) is 1.90. The number of nitrogens with one attached hydrogen (secondary N) is 1. The second-order valence-corrected chi connectivity index (χ2v) is 4.01. The molecular weight excluding hydrogens is 154 g/mol. The number of hydrogen-bond donors (Lipinski definition) is 1. The minimum Gasteiger partial charge on any atom is -0.328 e. The Morgan fingerprint density at radius 3 is 2.60 bits per heavy atom. The molecule has 1 N–H and O–H groups in total. The third-order valence-electron chi connectivity index (χ3n) is 1.03. The first-order valence-corrected chi connectivity index (χ1v) is 4.42. The summed E-state index contributed by atoms with van der Waals surface area (Å²) < 4.78 is 21.5. The highest BCUT2D eigenvalue weighted by molar-refractivity contribution is 7.95. The van der Waals surface area contributed by atoms with Gasteiger partial charge in [0.15, 0.2) is 9.84 Å². The molecular formula is C5H7NO3S. The van der Waals surface area contributed by atoms with Crippen LogP contribution in [0.5, 0.6) is 0 Å². The first-order chi connectivity index (χ1) is 4.49. The molecule has 0 atom stereocenters. The lowest BCUT2D eigenvalue weighted by Crippen LogP contribution is -2.32. The van der Waals surface area contributed by atoms with Crippen LogP contribution >= 0.6 is 0 Å². The summed E-state index contributed by atoms with van der Waals surface area (Å²) in [7, 11) is -3.26. The van der Waals surface area contributed by atoms with Gasteiger partial charge in [-0.1, -0.05) is 0 Å². The lowest BCUT2D eigenvalue weighted by Gasteiger charge is -2.09. The van der Waals surface area contributed by atoms with Crippen molar-refractivity contribution in [3.63, 3.8) is 0 Å². The van der Waals surface area contributed by atoms with Gasteiger partial charge in [-0.15, -0.1) is 0 Å². The lowest BCUT2D eigenvalue weighted by molar-refractivity contribution is -0.118. The summed E-state index contributed by atoms with van der Waals surface area (Å²) in [6.45, 7) is 1.54. The average Bonchev–Trinajstić information content (AvgIpc) is 1.54. The molecule has 0 radical (unpaired) electrons. The zero-order chi connectivity index (χ0) is 7.78. The Hall–Kier alpha value is -0.840. The molecule has 0 aliphatic carbocycles. The largest absolute Gasteiger partial charge is 0.328 e. The SMILES string of the molecule is CC1=CS(=O)(=O)CC(=O)N1. The summed E-state index contributed by atoms with van der Waals surface area (Å²) in [6, 6.07) is 0. The number of hydrogen-bond acceptors (Lipinski definition) is 3. The van der Waals surface area contributed by atoms with Crippen molar-refractivity contribution in [2.24, 2.45) is 0 Å². The van der Waals surface area contributed by atoms with E-state index in [0.717, 1.165) is 5.41 Å². The van der Waals surface area contributed by atoms with Crippen LogP contribution in [-0.4, -0.2) is 20.1 Å². The molecule has 0 aromatic carbocycles. The third kappa shape index (κ3) is 1.57. The van der Waals surface area contributed by atoms with Crippen LogP contribution in [0.25, 0.3) is 0 Å². The molecule has 1 heterocycles. The van der Waals surface area contributed by atoms with Gasteiger partial charge in [0, 0.05) is 5.70 Å². The minimum atomic E-state index is -3.26. The molecule has 4 nitrogen and oxygen atoms in total. The Morgan fingerprint density at radius 1 is 1.60 bits per heavy atom. The molecule has 1 aliphatic heterocycles. The second-order valence-electron chi connectivity index (χ2n) is 2.16. The zero-order valence-electron chi connectivity index (χ0n) is 5.42. The minimum absolute atomic E-state index is 0.385. The Morgan fingerprint density at radius 2 is 2.20 bits per heavy atom. The molecule has 10 heavy (non-hydrogen) atoms. The van der Waals surface area contributed by atoms with Gasteiger partial charge in [-0.25, -0.2) is 8.42 Å². The number of carbonyl (C=O) groups excluding carboxylic acids is 1. The molecule has 0 saturated carbocycles. The van der Waals surface area contributed by atoms with Crippen LogP contribution in [0.1, 0.15) is 6.92 Å². The van der Waals surface area contributed by atoms with E-state index in [4.69, 9.17) is 0 Å². The Labute approximate surface area is 58.8 Å². The van der Waals surface area contributed by atoms with Crippen molar-refractivity contribution in [3.8, 4) is 0 Å². The topological polar surface area (TPSA) is 63.2 Å². The maximum atomic E-state index is 10.7. The van der Waals surface area contributed by atoms with Crippen molar-refractivity contribution < 1.29 is 13.2 Å². The Bertz CT molecular complexity index is 288. The summed E-state index contributed by atoms with van der Waals surface area (Å²) in [5.41, 5.74) is 0.385. The predicted molar refractivity (Wildman–Crippen MR) is 35.7 cm³/mol. The number of sulfone groups is 1. The quantitative estimate of drug-likeness (QED) is 0.515. The molecule has 0 aromatic rings. The Kier molecular flexibility index (Phi) is 1.52. The first kappa shape index (κ1) is 7.27. The molecule has 1 amide bonds. The molecule has 56 valence electrons. The maximum Gasteiger partial charge on any atom is 0.239 e. The van der Waals surface area contributed by atoms with Gasteiger partial charge in [-0.2, -0.15) is 0 Å². The molecule has 1 rings (SSSR count). The number of allylic oxidation sites excluding steroid dienone is 1. The first-order valence-electron chi connectivity index (χ1n) is 2.70. The molecule has 0 saturated heterocycles. The summed E-state index contributed by atoms with van der Waals surface area (Å²) in [4.78, 5) is 10.6. The van der Waals surface area contributed by atoms with E-state index in [0.29, 0.717) is 5.70 Å². The van der Waals surface area contributed by atoms with Gasteiger partial charge in [-0.05, 0) is 6.92 Å². The lowest BCUT2D eigenvalue weighted by atomic mass is 10.5. The van der Waals surface area contributed by atoms with Gasteiger partial charge >= 0.3 is 0 Å². The van der Waals surface area contributed by atoms with E-state index in [9.17, 15) is 13.2 Å². The van der Waals surface area contributed by atoms with Crippen LogP contribution < -0.4 is 5.32 Å². The second kappa shape index (κ2) is 2.09. The highest BCUT2D eigenvalue weighted by atomic mass is 32.2. The fourth-order valence-electron chi connectivity index (χ4n) is 0.779. The summed E-state index contributed by atoms with van der Waals surface area (Å²) >= 11 is 0. The highest BCUT2D eigenvalue weighted by Crippen LogP contribution is 2.02. The van der Waals surface area contributed by atoms with Gasteiger partial charge in [0.05, 0.1) is 5.41 Å². The van der Waals surface area contributed by atoms with E-state index in [2.05, 4.69) is 5.32 Å². The highest BCUT2D eigenvalue weighted by Gasteiger charge is 2.19. The molecule has 5 heteroatoms. The van der Waals surface area contributed by atoms with E-state index in [-0.39, 0.29) is 0 Å². The predicted octanol–water partition coefficient (Wildman–Crippen LogP) is -0.608. The van der Waals surface area contributed by atoms with Crippen LogP contribution in [0.15, 0.2) is 11.1 Å². The normalized spacial score (nSPS) is 23.3. The number of rotatable bonds is 0. The van der Waals surface area contributed by atoms with Crippen molar-refractivity contribution in [2.45, 2.75) is 6.92 Å². The van der Waals surface area contributed by atoms with Crippen LogP contribution in [0, 0.1) is 0 Å². The van der Waals surface area contributed by atoms with Crippen molar-refractivity contribution in [1.82, 2.24) is 5.32 Å². The summed E-state index contributed by atoms with van der Waals surface area (Å²) in [5, 5.41) is 3.44.